The zero-order chi connectivity index (χ0) is 21.1. The smallest absolute Gasteiger partial charge is 0.261 e. The molecule has 0 aliphatic rings. The molecule has 0 aliphatic carbocycles. The number of guanidine groups is 1. The van der Waals surface area contributed by atoms with Gasteiger partial charge in [-0.3, -0.25) is 15.1 Å². The molecule has 0 aliphatic heterocycles. The van der Waals surface area contributed by atoms with Gasteiger partial charge in [-0.1, -0.05) is 12.1 Å². The summed E-state index contributed by atoms with van der Waals surface area (Å²) in [4.78, 5) is 20.0. The maximum atomic E-state index is 13.8. The first kappa shape index (κ1) is 20.9. The van der Waals surface area contributed by atoms with E-state index < -0.39 is 17.3 Å². The fourth-order valence-corrected chi connectivity index (χ4v) is 2.54. The summed E-state index contributed by atoms with van der Waals surface area (Å²) in [5, 5.41) is 22.3. The molecule has 0 spiro atoms. The van der Waals surface area contributed by atoms with Crippen molar-refractivity contribution in [2.75, 3.05) is 6.54 Å². The third kappa shape index (κ3) is 4.84. The van der Waals surface area contributed by atoms with E-state index in [2.05, 4.69) is 15.2 Å². The van der Waals surface area contributed by atoms with Crippen molar-refractivity contribution in [2.45, 2.75) is 26.4 Å². The molecule has 0 saturated heterocycles. The summed E-state index contributed by atoms with van der Waals surface area (Å²) >= 11 is 0. The zero-order valence-corrected chi connectivity index (χ0v) is 15.7. The first-order chi connectivity index (χ1) is 13.0. The number of rotatable bonds is 4. The molecule has 2 rings (SSSR count). The van der Waals surface area contributed by atoms with Crippen LogP contribution >= 0.6 is 0 Å². The lowest BCUT2D eigenvalue weighted by Crippen LogP contribution is -2.38. The second kappa shape index (κ2) is 8.06. The fraction of sp³-hybridized carbons (Fsp3) is 0.250. The molecule has 8 heteroatoms. The van der Waals surface area contributed by atoms with Gasteiger partial charge in [0.25, 0.3) is 5.91 Å². The minimum absolute atomic E-state index is 0.0525. The SMILES string of the molecule is [C-]#[N+]c1ccc(O)c(C(=O)NC(N)=NCC(C)(C)O)c1-c1cc(F)ccc1C. The number of aliphatic imine (C=N–C) groups is 1. The predicted octanol–water partition coefficient (Wildman–Crippen LogP) is 2.87. The van der Waals surface area contributed by atoms with E-state index in [1.165, 1.54) is 44.2 Å². The number of aliphatic hydroxyl groups is 1. The van der Waals surface area contributed by atoms with Gasteiger partial charge in [0, 0.05) is 5.56 Å². The fourth-order valence-electron chi connectivity index (χ4n) is 2.54. The molecule has 146 valence electrons. The van der Waals surface area contributed by atoms with Crippen LogP contribution in [0.2, 0.25) is 0 Å². The number of nitrogens with two attached hydrogens (primary N) is 1. The van der Waals surface area contributed by atoms with Gasteiger partial charge in [-0.05, 0) is 50.1 Å². The number of aryl methyl sites for hydroxylation is 1. The second-order valence-corrected chi connectivity index (χ2v) is 6.89. The minimum Gasteiger partial charge on any atom is -0.507 e. The molecule has 28 heavy (non-hydrogen) atoms. The summed E-state index contributed by atoms with van der Waals surface area (Å²) in [5.41, 5.74) is 5.44. The lowest BCUT2D eigenvalue weighted by Gasteiger charge is -2.16. The van der Waals surface area contributed by atoms with E-state index in [9.17, 15) is 19.4 Å². The molecule has 0 atom stereocenters. The Balaban J connectivity index is 2.57. The number of carbonyl (C=O) groups excluding carboxylic acids is 1. The highest BCUT2D eigenvalue weighted by atomic mass is 19.1. The Labute approximate surface area is 162 Å². The van der Waals surface area contributed by atoms with Gasteiger partial charge in [-0.25, -0.2) is 9.24 Å². The normalized spacial score (nSPS) is 11.8. The van der Waals surface area contributed by atoms with Crippen LogP contribution in [-0.2, 0) is 0 Å². The standard InChI is InChI=1S/C20H21FN4O3/c1-11-5-6-12(21)9-13(11)16-14(23-4)7-8-15(26)17(16)18(27)25-19(22)24-10-20(2,3)28/h5-9,26,28H,10H2,1-3H3,(H3,22,24,25,27). The molecule has 0 radical (unpaired) electrons. The molecule has 0 fully saturated rings. The summed E-state index contributed by atoms with van der Waals surface area (Å²) in [6.45, 7) is 12.1. The number of aromatic hydroxyl groups is 1. The van der Waals surface area contributed by atoms with Gasteiger partial charge >= 0.3 is 0 Å². The van der Waals surface area contributed by atoms with Crippen LogP contribution in [0.3, 0.4) is 0 Å². The Morgan fingerprint density at radius 3 is 2.64 bits per heavy atom. The molecule has 7 nitrogen and oxygen atoms in total. The van der Waals surface area contributed by atoms with Crippen LogP contribution in [0.15, 0.2) is 35.3 Å². The van der Waals surface area contributed by atoms with Crippen LogP contribution in [-0.4, -0.2) is 34.2 Å². The van der Waals surface area contributed by atoms with E-state index in [-0.39, 0.29) is 35.1 Å². The highest BCUT2D eigenvalue weighted by molar-refractivity contribution is 6.12. The molecule has 2 aromatic carbocycles. The van der Waals surface area contributed by atoms with Crippen LogP contribution in [0, 0.1) is 19.3 Å². The van der Waals surface area contributed by atoms with Crippen LogP contribution in [0.25, 0.3) is 16.0 Å². The monoisotopic (exact) mass is 384 g/mol. The number of nitrogens with zero attached hydrogens (tertiary/aromatic N) is 2. The highest BCUT2D eigenvalue weighted by Gasteiger charge is 2.23. The van der Waals surface area contributed by atoms with E-state index in [1.54, 1.807) is 6.92 Å². The predicted molar refractivity (Wildman–Crippen MR) is 105 cm³/mol. The maximum absolute atomic E-state index is 13.8. The van der Waals surface area contributed by atoms with Gasteiger partial charge in [-0.15, -0.1) is 0 Å². The average molecular weight is 384 g/mol. The Kier molecular flexibility index (Phi) is 6.01. The van der Waals surface area contributed by atoms with Crippen molar-refractivity contribution in [2.24, 2.45) is 10.7 Å². The van der Waals surface area contributed by atoms with Gasteiger partial charge in [0.15, 0.2) is 11.6 Å². The number of phenolic OH excluding ortho intramolecular Hbond substituents is 1. The molecule has 2 aromatic rings. The molecule has 0 bridgehead atoms. The molecule has 1 amide bonds. The van der Waals surface area contributed by atoms with Crippen molar-refractivity contribution >= 4 is 17.6 Å². The molecule has 0 saturated carbocycles. The second-order valence-electron chi connectivity index (χ2n) is 6.89. The largest absolute Gasteiger partial charge is 0.507 e. The lowest BCUT2D eigenvalue weighted by atomic mass is 9.93. The van der Waals surface area contributed by atoms with E-state index in [1.807, 2.05) is 0 Å². The Bertz CT molecular complexity index is 988. The molecule has 5 N–H and O–H groups in total. The lowest BCUT2D eigenvalue weighted by molar-refractivity contribution is 0.0896. The first-order valence-electron chi connectivity index (χ1n) is 8.37. The summed E-state index contributed by atoms with van der Waals surface area (Å²) in [6.07, 6.45) is 0. The summed E-state index contributed by atoms with van der Waals surface area (Å²) in [7, 11) is 0. The van der Waals surface area contributed by atoms with Gasteiger partial charge in [0.1, 0.15) is 11.6 Å². The van der Waals surface area contributed by atoms with Gasteiger partial charge < -0.3 is 15.9 Å². The number of phenols is 1. The summed E-state index contributed by atoms with van der Waals surface area (Å²) in [5.74, 6) is -2.00. The van der Waals surface area contributed by atoms with Gasteiger partial charge in [0.05, 0.1) is 24.3 Å². The summed E-state index contributed by atoms with van der Waals surface area (Å²) < 4.78 is 13.8. The number of amides is 1. The third-order valence-electron chi connectivity index (χ3n) is 3.86. The van der Waals surface area contributed by atoms with Gasteiger partial charge in [0.2, 0.25) is 0 Å². The van der Waals surface area contributed by atoms with E-state index in [0.29, 0.717) is 11.1 Å². The van der Waals surface area contributed by atoms with Crippen LogP contribution < -0.4 is 11.1 Å². The molecular weight excluding hydrogens is 363 g/mol. The number of benzene rings is 2. The molecular formula is C20H21FN4O3. The Morgan fingerprint density at radius 1 is 1.36 bits per heavy atom. The van der Waals surface area contributed by atoms with E-state index in [4.69, 9.17) is 12.3 Å². The summed E-state index contributed by atoms with van der Waals surface area (Å²) in [6, 6.07) is 6.54. The van der Waals surface area contributed by atoms with Crippen LogP contribution in [0.5, 0.6) is 5.75 Å². The van der Waals surface area contributed by atoms with Crippen molar-refractivity contribution < 1.29 is 19.4 Å². The zero-order valence-electron chi connectivity index (χ0n) is 15.7. The molecule has 0 unspecified atom stereocenters. The third-order valence-corrected chi connectivity index (χ3v) is 3.86. The Morgan fingerprint density at radius 2 is 2.04 bits per heavy atom. The minimum atomic E-state index is -1.12. The number of hydrogen-bond acceptors (Lipinski definition) is 4. The van der Waals surface area contributed by atoms with E-state index in [0.717, 1.165) is 0 Å². The number of hydrogen-bond donors (Lipinski definition) is 4. The number of carbonyl (C=O) groups is 1. The van der Waals surface area contributed by atoms with Crippen LogP contribution in [0.1, 0.15) is 29.8 Å². The molecule has 0 aromatic heterocycles. The average Bonchev–Trinajstić information content (AvgIpc) is 2.61. The number of halogens is 1. The first-order valence-corrected chi connectivity index (χ1v) is 8.37. The van der Waals surface area contributed by atoms with Crippen LogP contribution in [0.4, 0.5) is 10.1 Å². The van der Waals surface area contributed by atoms with E-state index >= 15 is 0 Å². The topological polar surface area (TPSA) is 112 Å². The number of nitrogens with one attached hydrogen (secondary N) is 1. The molecule has 0 heterocycles. The maximum Gasteiger partial charge on any atom is 0.261 e. The van der Waals surface area contributed by atoms with Crippen molar-refractivity contribution in [3.8, 4) is 16.9 Å². The van der Waals surface area contributed by atoms with Crippen molar-refractivity contribution in [3.63, 3.8) is 0 Å². The van der Waals surface area contributed by atoms with Crippen molar-refractivity contribution in [1.29, 1.82) is 0 Å². The highest BCUT2D eigenvalue weighted by Crippen LogP contribution is 2.40. The van der Waals surface area contributed by atoms with Gasteiger partial charge in [-0.2, -0.15) is 0 Å². The quantitative estimate of drug-likeness (QED) is 0.369. The Hall–Kier alpha value is -3.44. The van der Waals surface area contributed by atoms with Crippen molar-refractivity contribution in [3.05, 3.63) is 58.7 Å². The van der Waals surface area contributed by atoms with Crippen molar-refractivity contribution in [1.82, 2.24) is 5.32 Å².